The number of pyridine rings is 1. The van der Waals surface area contributed by atoms with Gasteiger partial charge < -0.3 is 9.64 Å². The van der Waals surface area contributed by atoms with Gasteiger partial charge in [0.2, 0.25) is 10.0 Å². The number of hydrogen-bond acceptors (Lipinski definition) is 6. The molecule has 2 aliphatic rings. The van der Waals surface area contributed by atoms with Crippen molar-refractivity contribution in [3.8, 4) is 0 Å². The molecule has 1 aliphatic heterocycles. The molecule has 1 saturated heterocycles. The maximum absolute atomic E-state index is 13.3. The first-order valence-electron chi connectivity index (χ1n) is 12.5. The summed E-state index contributed by atoms with van der Waals surface area (Å²) in [5.74, 6) is -0.865. The van der Waals surface area contributed by atoms with Gasteiger partial charge in [-0.15, -0.1) is 0 Å². The Hall–Kier alpha value is -3.01. The highest BCUT2D eigenvalue weighted by atomic mass is 35.5. The minimum absolute atomic E-state index is 0.160. The molecule has 2 aromatic carbocycles. The molecular weight excluding hydrogens is 514 g/mol. The lowest BCUT2D eigenvalue weighted by Gasteiger charge is -2.33. The van der Waals surface area contributed by atoms with Gasteiger partial charge in [0.15, 0.2) is 6.61 Å². The molecule has 3 aromatic rings. The molecule has 1 fully saturated rings. The van der Waals surface area contributed by atoms with Crippen LogP contribution in [-0.4, -0.2) is 67.3 Å². The number of piperazine rings is 1. The highest BCUT2D eigenvalue weighted by Crippen LogP contribution is 2.29. The number of esters is 1. The standard InChI is InChI=1S/C27H28ClN3O5S/c28-19-10-12-20(13-11-19)37(34,35)31-16-14-30(15-17-31)25(32)18-36-27(33)26-21-6-2-1-3-8-23(21)29-24-9-5-4-7-22(24)26/h4-5,7,9-13H,1-3,6,8,14-18H2. The van der Waals surface area contributed by atoms with E-state index in [4.69, 9.17) is 21.3 Å². The Morgan fingerprint density at radius 2 is 1.62 bits per heavy atom. The van der Waals surface area contributed by atoms with E-state index >= 15 is 0 Å². The number of amides is 1. The van der Waals surface area contributed by atoms with E-state index in [1.807, 2.05) is 24.3 Å². The molecule has 2 heterocycles. The molecule has 10 heteroatoms. The SMILES string of the molecule is O=C(OCC(=O)N1CCN(S(=O)(=O)c2ccc(Cl)cc2)CC1)c1c2c(nc3ccccc13)CCCCC2. The Morgan fingerprint density at radius 1 is 0.919 bits per heavy atom. The number of sulfonamides is 1. The number of carbonyl (C=O) groups excluding carboxylic acids is 2. The zero-order valence-electron chi connectivity index (χ0n) is 20.4. The maximum atomic E-state index is 13.3. The number of para-hydroxylation sites is 1. The molecule has 1 amide bonds. The minimum Gasteiger partial charge on any atom is -0.452 e. The Bertz CT molecular complexity index is 1430. The van der Waals surface area contributed by atoms with Crippen LogP contribution in [0.3, 0.4) is 0 Å². The number of ether oxygens (including phenoxy) is 1. The predicted molar refractivity (Wildman–Crippen MR) is 140 cm³/mol. The Morgan fingerprint density at radius 3 is 2.38 bits per heavy atom. The summed E-state index contributed by atoms with van der Waals surface area (Å²) < 4.78 is 32.7. The maximum Gasteiger partial charge on any atom is 0.339 e. The molecule has 8 nitrogen and oxygen atoms in total. The number of halogens is 1. The van der Waals surface area contributed by atoms with E-state index in [-0.39, 0.29) is 37.0 Å². The fraction of sp³-hybridized carbons (Fsp3) is 0.370. The zero-order chi connectivity index (χ0) is 26.0. The molecule has 0 unspecified atom stereocenters. The van der Waals surface area contributed by atoms with Crippen LogP contribution >= 0.6 is 11.6 Å². The lowest BCUT2D eigenvalue weighted by Crippen LogP contribution is -2.51. The van der Waals surface area contributed by atoms with Crippen molar-refractivity contribution in [3.05, 3.63) is 70.4 Å². The molecule has 0 bridgehead atoms. The molecule has 194 valence electrons. The second-order valence-electron chi connectivity index (χ2n) is 9.30. The summed E-state index contributed by atoms with van der Waals surface area (Å²) in [6.07, 6.45) is 4.68. The number of aryl methyl sites for hydroxylation is 1. The van der Waals surface area contributed by atoms with Gasteiger partial charge in [0.25, 0.3) is 5.91 Å². The number of fused-ring (bicyclic) bond motifs is 2. The zero-order valence-corrected chi connectivity index (χ0v) is 21.9. The smallest absolute Gasteiger partial charge is 0.339 e. The van der Waals surface area contributed by atoms with Crippen molar-refractivity contribution in [1.29, 1.82) is 0 Å². The summed E-state index contributed by atoms with van der Waals surface area (Å²) in [5.41, 5.74) is 3.12. The van der Waals surface area contributed by atoms with Gasteiger partial charge >= 0.3 is 5.97 Å². The third kappa shape index (κ3) is 5.35. The van der Waals surface area contributed by atoms with Crippen LogP contribution in [-0.2, 0) is 32.4 Å². The largest absolute Gasteiger partial charge is 0.452 e. The molecule has 0 N–H and O–H groups in total. The number of hydrogen-bond donors (Lipinski definition) is 0. The number of aromatic nitrogens is 1. The van der Waals surface area contributed by atoms with Crippen molar-refractivity contribution in [2.75, 3.05) is 32.8 Å². The van der Waals surface area contributed by atoms with Gasteiger partial charge in [-0.2, -0.15) is 4.31 Å². The first-order chi connectivity index (χ1) is 17.8. The molecular formula is C27H28ClN3O5S. The molecule has 0 radical (unpaired) electrons. The van der Waals surface area contributed by atoms with Crippen LogP contribution in [0, 0.1) is 0 Å². The number of rotatable bonds is 5. The predicted octanol–water partition coefficient (Wildman–Crippen LogP) is 3.85. The third-order valence-electron chi connectivity index (χ3n) is 6.99. The average Bonchev–Trinajstić information content (AvgIpc) is 3.15. The monoisotopic (exact) mass is 541 g/mol. The molecule has 1 aromatic heterocycles. The van der Waals surface area contributed by atoms with E-state index in [9.17, 15) is 18.0 Å². The number of carbonyl (C=O) groups is 2. The quantitative estimate of drug-likeness (QED) is 0.359. The topological polar surface area (TPSA) is 96.9 Å². The van der Waals surface area contributed by atoms with Crippen molar-refractivity contribution >= 4 is 44.4 Å². The van der Waals surface area contributed by atoms with Crippen LogP contribution in [0.25, 0.3) is 10.9 Å². The van der Waals surface area contributed by atoms with Crippen molar-refractivity contribution in [3.63, 3.8) is 0 Å². The molecule has 37 heavy (non-hydrogen) atoms. The first-order valence-corrected chi connectivity index (χ1v) is 14.3. The van der Waals surface area contributed by atoms with Crippen LogP contribution in [0.5, 0.6) is 0 Å². The summed E-state index contributed by atoms with van der Waals surface area (Å²) in [6.45, 7) is 0.363. The van der Waals surface area contributed by atoms with Gasteiger partial charge in [-0.3, -0.25) is 9.78 Å². The van der Waals surface area contributed by atoms with Gasteiger partial charge in [0.1, 0.15) is 0 Å². The van der Waals surface area contributed by atoms with Crippen molar-refractivity contribution in [2.24, 2.45) is 0 Å². The van der Waals surface area contributed by atoms with Gasteiger partial charge in [-0.05, 0) is 61.6 Å². The van der Waals surface area contributed by atoms with Crippen molar-refractivity contribution in [2.45, 2.75) is 37.0 Å². The normalized spacial score (nSPS) is 16.7. The van der Waals surface area contributed by atoms with E-state index in [0.29, 0.717) is 10.6 Å². The fourth-order valence-electron chi connectivity index (χ4n) is 5.01. The average molecular weight is 542 g/mol. The lowest BCUT2D eigenvalue weighted by molar-refractivity contribution is -0.135. The van der Waals surface area contributed by atoms with E-state index in [0.717, 1.165) is 54.3 Å². The van der Waals surface area contributed by atoms with Crippen LogP contribution in [0.2, 0.25) is 5.02 Å². The first kappa shape index (κ1) is 25.6. The Balaban J connectivity index is 1.24. The minimum atomic E-state index is -3.68. The molecule has 0 saturated carbocycles. The highest BCUT2D eigenvalue weighted by molar-refractivity contribution is 7.89. The Labute approximate surface area is 221 Å². The second kappa shape index (κ2) is 10.8. The van der Waals surface area contributed by atoms with Crippen LogP contribution in [0.4, 0.5) is 0 Å². The Kier molecular flexibility index (Phi) is 7.46. The van der Waals surface area contributed by atoms with E-state index < -0.39 is 22.6 Å². The molecule has 0 spiro atoms. The van der Waals surface area contributed by atoms with Gasteiger partial charge in [0, 0.05) is 42.3 Å². The van der Waals surface area contributed by atoms with Crippen LogP contribution < -0.4 is 0 Å². The molecule has 1 aliphatic carbocycles. The van der Waals surface area contributed by atoms with E-state index in [1.165, 1.54) is 33.5 Å². The van der Waals surface area contributed by atoms with Gasteiger partial charge in [0.05, 0.1) is 16.0 Å². The summed E-state index contributed by atoms with van der Waals surface area (Å²) in [6, 6.07) is 13.5. The van der Waals surface area contributed by atoms with Crippen LogP contribution in [0.1, 0.15) is 40.9 Å². The highest BCUT2D eigenvalue weighted by Gasteiger charge is 2.31. The van der Waals surface area contributed by atoms with Gasteiger partial charge in [-0.1, -0.05) is 36.2 Å². The summed E-state index contributed by atoms with van der Waals surface area (Å²) >= 11 is 5.87. The third-order valence-corrected chi connectivity index (χ3v) is 9.16. The van der Waals surface area contributed by atoms with E-state index in [1.54, 1.807) is 0 Å². The summed E-state index contributed by atoms with van der Waals surface area (Å²) in [5, 5.41) is 1.20. The summed E-state index contributed by atoms with van der Waals surface area (Å²) in [4.78, 5) is 32.6. The molecule has 5 rings (SSSR count). The van der Waals surface area contributed by atoms with Gasteiger partial charge in [-0.25, -0.2) is 13.2 Å². The van der Waals surface area contributed by atoms with Crippen LogP contribution in [0.15, 0.2) is 53.4 Å². The fourth-order valence-corrected chi connectivity index (χ4v) is 6.55. The van der Waals surface area contributed by atoms with Crippen molar-refractivity contribution < 1.29 is 22.7 Å². The number of benzene rings is 2. The second-order valence-corrected chi connectivity index (χ2v) is 11.7. The van der Waals surface area contributed by atoms with Crippen molar-refractivity contribution in [1.82, 2.24) is 14.2 Å². The number of nitrogens with zero attached hydrogens (tertiary/aromatic N) is 3. The summed E-state index contributed by atoms with van der Waals surface area (Å²) in [7, 11) is -3.68. The molecule has 0 atom stereocenters. The van der Waals surface area contributed by atoms with E-state index in [2.05, 4.69) is 0 Å². The lowest BCUT2D eigenvalue weighted by atomic mass is 9.97.